The van der Waals surface area contributed by atoms with Gasteiger partial charge >= 0.3 is 6.18 Å². The number of hydrogen-bond donors (Lipinski definition) is 1. The van der Waals surface area contributed by atoms with Gasteiger partial charge in [-0.25, -0.2) is 4.98 Å². The van der Waals surface area contributed by atoms with Gasteiger partial charge in [0.25, 0.3) is 0 Å². The smallest absolute Gasteiger partial charge is 0.381 e. The van der Waals surface area contributed by atoms with E-state index in [2.05, 4.69) is 10.3 Å². The van der Waals surface area contributed by atoms with Gasteiger partial charge in [0.05, 0.1) is 24.1 Å². The van der Waals surface area contributed by atoms with Crippen LogP contribution in [-0.2, 0) is 15.7 Å². The number of aromatic nitrogens is 1. The predicted octanol–water partition coefficient (Wildman–Crippen LogP) is 1.44. The van der Waals surface area contributed by atoms with Crippen LogP contribution in [0.3, 0.4) is 0 Å². The van der Waals surface area contributed by atoms with Gasteiger partial charge in [-0.2, -0.15) is 13.2 Å². The molecule has 22 heavy (non-hydrogen) atoms. The van der Waals surface area contributed by atoms with E-state index >= 15 is 0 Å². The van der Waals surface area contributed by atoms with Gasteiger partial charge in [0.2, 0.25) is 5.91 Å². The van der Waals surface area contributed by atoms with Gasteiger partial charge in [-0.05, 0) is 18.6 Å². The molecule has 1 unspecified atom stereocenters. The molecule has 2 saturated heterocycles. The summed E-state index contributed by atoms with van der Waals surface area (Å²) in [5.74, 6) is 0.129. The van der Waals surface area contributed by atoms with Crippen molar-refractivity contribution in [3.63, 3.8) is 0 Å². The summed E-state index contributed by atoms with van der Waals surface area (Å²) in [5.41, 5.74) is -0.715. The van der Waals surface area contributed by atoms with Crippen LogP contribution in [-0.4, -0.2) is 43.2 Å². The molecule has 2 aliphatic rings. The fourth-order valence-corrected chi connectivity index (χ4v) is 2.58. The summed E-state index contributed by atoms with van der Waals surface area (Å²) < 4.78 is 43.1. The van der Waals surface area contributed by atoms with Crippen molar-refractivity contribution in [2.75, 3.05) is 31.2 Å². The number of ether oxygens (including phenoxy) is 1. The molecule has 0 bridgehead atoms. The molecule has 0 aromatic carbocycles. The van der Waals surface area contributed by atoms with Gasteiger partial charge in [-0.3, -0.25) is 4.79 Å². The van der Waals surface area contributed by atoms with E-state index in [-0.39, 0.29) is 23.7 Å². The lowest BCUT2D eigenvalue weighted by Gasteiger charge is -2.40. The maximum absolute atomic E-state index is 12.7. The summed E-state index contributed by atoms with van der Waals surface area (Å²) in [6.45, 7) is 1.97. The number of amides is 1. The first-order valence-electron chi connectivity index (χ1n) is 7.10. The van der Waals surface area contributed by atoms with E-state index in [9.17, 15) is 18.0 Å². The molecule has 5 nitrogen and oxygen atoms in total. The van der Waals surface area contributed by atoms with Crippen molar-refractivity contribution < 1.29 is 22.7 Å². The molecule has 3 heterocycles. The third kappa shape index (κ3) is 3.16. The Kier molecular flexibility index (Phi) is 3.94. The molecule has 8 heteroatoms. The molecule has 2 aliphatic heterocycles. The van der Waals surface area contributed by atoms with Crippen LogP contribution in [0.5, 0.6) is 0 Å². The lowest BCUT2D eigenvalue weighted by molar-refractivity contribution is -0.137. The molecule has 1 atom stereocenters. The summed E-state index contributed by atoms with van der Waals surface area (Å²) >= 11 is 0. The molecule has 2 fully saturated rings. The number of nitrogens with one attached hydrogen (secondary N) is 1. The Morgan fingerprint density at radius 2 is 2.18 bits per heavy atom. The highest BCUT2D eigenvalue weighted by atomic mass is 19.4. The highest BCUT2D eigenvalue weighted by Crippen LogP contribution is 2.31. The van der Waals surface area contributed by atoms with Crippen molar-refractivity contribution in [1.82, 2.24) is 10.3 Å². The summed E-state index contributed by atoms with van der Waals surface area (Å²) in [6, 6.07) is 1.93. The van der Waals surface area contributed by atoms with Crippen LogP contribution in [0.1, 0.15) is 12.0 Å². The maximum Gasteiger partial charge on any atom is 0.416 e. The molecular formula is C14H16F3N3O2. The van der Waals surface area contributed by atoms with Crippen LogP contribution in [0, 0.1) is 5.92 Å². The van der Waals surface area contributed by atoms with E-state index in [1.807, 2.05) is 0 Å². The van der Waals surface area contributed by atoms with E-state index in [1.54, 1.807) is 4.90 Å². The van der Waals surface area contributed by atoms with Crippen molar-refractivity contribution in [2.45, 2.75) is 18.6 Å². The Morgan fingerprint density at radius 3 is 2.82 bits per heavy atom. The molecule has 3 rings (SSSR count). The number of carbonyl (C=O) groups excluding carboxylic acids is 1. The lowest BCUT2D eigenvalue weighted by Crippen LogP contribution is -2.60. The van der Waals surface area contributed by atoms with Crippen LogP contribution < -0.4 is 10.2 Å². The first kappa shape index (κ1) is 15.1. The van der Waals surface area contributed by atoms with Crippen molar-refractivity contribution in [1.29, 1.82) is 0 Å². The molecular weight excluding hydrogens is 299 g/mol. The fourth-order valence-electron chi connectivity index (χ4n) is 2.58. The lowest BCUT2D eigenvalue weighted by atomic mass is 10.0. The zero-order valence-corrected chi connectivity index (χ0v) is 11.8. The normalized spacial score (nSPS) is 22.5. The van der Waals surface area contributed by atoms with Gasteiger partial charge < -0.3 is 15.0 Å². The Labute approximate surface area is 125 Å². The second kappa shape index (κ2) is 5.75. The van der Waals surface area contributed by atoms with Gasteiger partial charge in [0.15, 0.2) is 0 Å². The molecule has 1 N–H and O–H groups in total. The number of halogens is 3. The number of anilines is 1. The fraction of sp³-hybridized carbons (Fsp3) is 0.571. The topological polar surface area (TPSA) is 54.5 Å². The monoisotopic (exact) mass is 315 g/mol. The summed E-state index contributed by atoms with van der Waals surface area (Å²) in [7, 11) is 0. The Hall–Kier alpha value is -1.83. The Bertz CT molecular complexity index is 553. The predicted molar refractivity (Wildman–Crippen MR) is 72.3 cm³/mol. The quantitative estimate of drug-likeness (QED) is 0.917. The molecule has 1 aromatic rings. The number of pyridine rings is 1. The van der Waals surface area contributed by atoms with Gasteiger partial charge in [0, 0.05) is 25.9 Å². The minimum absolute atomic E-state index is 0.0425. The van der Waals surface area contributed by atoms with Crippen LogP contribution >= 0.6 is 0 Å². The van der Waals surface area contributed by atoms with Crippen LogP contribution in [0.15, 0.2) is 18.3 Å². The number of nitrogens with zero attached hydrogens (tertiary/aromatic N) is 2. The van der Waals surface area contributed by atoms with Crippen LogP contribution in [0.25, 0.3) is 0 Å². The second-order valence-corrected chi connectivity index (χ2v) is 5.57. The molecule has 0 aliphatic carbocycles. The minimum atomic E-state index is -4.38. The van der Waals surface area contributed by atoms with E-state index in [0.717, 1.165) is 24.8 Å². The van der Waals surface area contributed by atoms with Crippen LogP contribution in [0.2, 0.25) is 0 Å². The Morgan fingerprint density at radius 1 is 1.41 bits per heavy atom. The maximum atomic E-state index is 12.7. The minimum Gasteiger partial charge on any atom is -0.381 e. The van der Waals surface area contributed by atoms with Gasteiger partial charge in [-0.15, -0.1) is 0 Å². The average Bonchev–Trinajstić information content (AvgIpc) is 2.95. The summed E-state index contributed by atoms with van der Waals surface area (Å²) in [4.78, 5) is 17.6. The van der Waals surface area contributed by atoms with E-state index in [4.69, 9.17) is 4.74 Å². The second-order valence-electron chi connectivity index (χ2n) is 5.57. The molecule has 1 aromatic heterocycles. The zero-order chi connectivity index (χ0) is 15.7. The SMILES string of the molecule is O=C(NC1CN(c2cc(C(F)(F)F)ccn2)C1)C1CCOC1. The molecule has 1 amide bonds. The van der Waals surface area contributed by atoms with E-state index < -0.39 is 11.7 Å². The van der Waals surface area contributed by atoms with E-state index in [0.29, 0.717) is 26.3 Å². The molecule has 0 spiro atoms. The average molecular weight is 315 g/mol. The van der Waals surface area contributed by atoms with Crippen molar-refractivity contribution in [2.24, 2.45) is 5.92 Å². The van der Waals surface area contributed by atoms with Crippen LogP contribution in [0.4, 0.5) is 19.0 Å². The van der Waals surface area contributed by atoms with Gasteiger partial charge in [-0.1, -0.05) is 0 Å². The van der Waals surface area contributed by atoms with Gasteiger partial charge in [0.1, 0.15) is 5.82 Å². The highest BCUT2D eigenvalue weighted by Gasteiger charge is 2.35. The molecule has 0 radical (unpaired) electrons. The number of rotatable bonds is 3. The number of alkyl halides is 3. The first-order chi connectivity index (χ1) is 10.4. The number of hydrogen-bond acceptors (Lipinski definition) is 4. The summed E-state index contributed by atoms with van der Waals surface area (Å²) in [6.07, 6.45) is -2.50. The third-order valence-electron chi connectivity index (χ3n) is 3.93. The largest absolute Gasteiger partial charge is 0.416 e. The zero-order valence-electron chi connectivity index (χ0n) is 11.8. The van der Waals surface area contributed by atoms with Crippen molar-refractivity contribution in [3.05, 3.63) is 23.9 Å². The highest BCUT2D eigenvalue weighted by molar-refractivity contribution is 5.79. The summed E-state index contributed by atoms with van der Waals surface area (Å²) in [5, 5.41) is 2.89. The van der Waals surface area contributed by atoms with Crippen molar-refractivity contribution in [3.8, 4) is 0 Å². The van der Waals surface area contributed by atoms with Crippen molar-refractivity contribution >= 4 is 11.7 Å². The Balaban J connectivity index is 1.54. The standard InChI is InChI=1S/C14H16F3N3O2/c15-14(16,17)10-1-3-18-12(5-10)20-6-11(7-20)19-13(21)9-2-4-22-8-9/h1,3,5,9,11H,2,4,6-8H2,(H,19,21). The molecule has 120 valence electrons. The third-order valence-corrected chi connectivity index (χ3v) is 3.93. The first-order valence-corrected chi connectivity index (χ1v) is 7.10. The number of carbonyl (C=O) groups is 1. The van der Waals surface area contributed by atoms with E-state index in [1.165, 1.54) is 0 Å². The molecule has 0 saturated carbocycles.